The fraction of sp³-hybridized carbons (Fsp3) is 0.333. The van der Waals surface area contributed by atoms with Gasteiger partial charge in [0.05, 0.1) is 19.3 Å². The Morgan fingerprint density at radius 2 is 1.95 bits per heavy atom. The fourth-order valence-corrected chi connectivity index (χ4v) is 2.08. The molecule has 1 heterocycles. The van der Waals surface area contributed by atoms with Crippen LogP contribution in [0.4, 0.5) is 0 Å². The van der Waals surface area contributed by atoms with Gasteiger partial charge in [0, 0.05) is 6.04 Å². The number of methoxy groups -OCH3 is 1. The zero-order chi connectivity index (χ0) is 14.7. The van der Waals surface area contributed by atoms with Crippen LogP contribution in [-0.2, 0) is 0 Å². The standard InChI is InChI=1S/C15H19N3O2/c1-10(2)18-14(12(20-3)9-17-18)15(19)13(16)11-7-5-4-6-8-11/h4-10,13H,16H2,1-3H3. The summed E-state index contributed by atoms with van der Waals surface area (Å²) >= 11 is 0. The van der Waals surface area contributed by atoms with Gasteiger partial charge in [-0.3, -0.25) is 9.48 Å². The van der Waals surface area contributed by atoms with Crippen LogP contribution in [0.2, 0.25) is 0 Å². The lowest BCUT2D eigenvalue weighted by molar-refractivity contribution is 0.0945. The Morgan fingerprint density at radius 1 is 1.30 bits per heavy atom. The molecule has 1 atom stereocenters. The van der Waals surface area contributed by atoms with E-state index in [9.17, 15) is 4.79 Å². The van der Waals surface area contributed by atoms with E-state index >= 15 is 0 Å². The molecule has 1 unspecified atom stereocenters. The molecule has 0 bridgehead atoms. The van der Waals surface area contributed by atoms with E-state index in [4.69, 9.17) is 10.5 Å². The van der Waals surface area contributed by atoms with Crippen LogP contribution in [0.5, 0.6) is 5.75 Å². The summed E-state index contributed by atoms with van der Waals surface area (Å²) in [6.07, 6.45) is 1.55. The Bertz CT molecular complexity index is 590. The van der Waals surface area contributed by atoms with Crippen LogP contribution < -0.4 is 10.5 Å². The zero-order valence-corrected chi connectivity index (χ0v) is 11.9. The smallest absolute Gasteiger partial charge is 0.205 e. The van der Waals surface area contributed by atoms with E-state index in [0.717, 1.165) is 5.56 Å². The predicted molar refractivity (Wildman–Crippen MR) is 76.9 cm³/mol. The first kappa shape index (κ1) is 14.3. The van der Waals surface area contributed by atoms with Gasteiger partial charge in [0.25, 0.3) is 0 Å². The number of nitrogens with zero attached hydrogens (tertiary/aromatic N) is 2. The van der Waals surface area contributed by atoms with E-state index in [1.807, 2.05) is 44.2 Å². The quantitative estimate of drug-likeness (QED) is 0.849. The predicted octanol–water partition coefficient (Wildman–Crippen LogP) is 2.36. The van der Waals surface area contributed by atoms with Crippen LogP contribution in [0, 0.1) is 0 Å². The maximum atomic E-state index is 12.6. The topological polar surface area (TPSA) is 70.1 Å². The van der Waals surface area contributed by atoms with Crippen LogP contribution in [0.25, 0.3) is 0 Å². The number of carbonyl (C=O) groups is 1. The van der Waals surface area contributed by atoms with Crippen LogP contribution >= 0.6 is 0 Å². The number of hydrogen-bond donors (Lipinski definition) is 1. The number of carbonyl (C=O) groups excluding carboxylic acids is 1. The summed E-state index contributed by atoms with van der Waals surface area (Å²) in [4.78, 5) is 12.6. The lowest BCUT2D eigenvalue weighted by Crippen LogP contribution is -2.25. The second-order valence-corrected chi connectivity index (χ2v) is 4.85. The second-order valence-electron chi connectivity index (χ2n) is 4.85. The average Bonchev–Trinajstić information content (AvgIpc) is 2.90. The van der Waals surface area contributed by atoms with Gasteiger partial charge >= 0.3 is 0 Å². The number of ketones is 1. The minimum Gasteiger partial charge on any atom is -0.493 e. The van der Waals surface area contributed by atoms with Crippen molar-refractivity contribution in [2.45, 2.75) is 25.9 Å². The normalized spacial score (nSPS) is 12.4. The molecule has 0 fully saturated rings. The Labute approximate surface area is 118 Å². The molecule has 0 saturated carbocycles. The Hall–Kier alpha value is -2.14. The number of ether oxygens (including phenoxy) is 1. The van der Waals surface area contributed by atoms with Crippen LogP contribution in [0.15, 0.2) is 36.5 Å². The number of Topliss-reactive ketones (excluding diaryl/α,β-unsaturated/α-hetero) is 1. The maximum Gasteiger partial charge on any atom is 0.205 e. The summed E-state index contributed by atoms with van der Waals surface area (Å²) in [5.74, 6) is 0.259. The van der Waals surface area contributed by atoms with E-state index in [2.05, 4.69) is 5.10 Å². The average molecular weight is 273 g/mol. The first-order chi connectivity index (χ1) is 9.56. The Kier molecular flexibility index (Phi) is 4.20. The van der Waals surface area contributed by atoms with Crippen molar-refractivity contribution in [2.24, 2.45) is 5.73 Å². The SMILES string of the molecule is COc1cnn(C(C)C)c1C(=O)C(N)c1ccccc1. The molecule has 106 valence electrons. The van der Waals surface area contributed by atoms with Crippen LogP contribution in [0.3, 0.4) is 0 Å². The molecule has 0 radical (unpaired) electrons. The largest absolute Gasteiger partial charge is 0.493 e. The molecule has 1 aromatic heterocycles. The zero-order valence-electron chi connectivity index (χ0n) is 11.9. The molecule has 5 nitrogen and oxygen atoms in total. The van der Waals surface area contributed by atoms with E-state index in [0.29, 0.717) is 11.4 Å². The molecular formula is C15H19N3O2. The van der Waals surface area contributed by atoms with E-state index in [1.54, 1.807) is 10.9 Å². The number of aromatic nitrogens is 2. The van der Waals surface area contributed by atoms with Crippen molar-refractivity contribution in [1.29, 1.82) is 0 Å². The monoisotopic (exact) mass is 273 g/mol. The third-order valence-electron chi connectivity index (χ3n) is 3.15. The minimum atomic E-state index is -0.723. The summed E-state index contributed by atoms with van der Waals surface area (Å²) in [6.45, 7) is 3.91. The lowest BCUT2D eigenvalue weighted by Gasteiger charge is -2.15. The van der Waals surface area contributed by atoms with Crippen molar-refractivity contribution < 1.29 is 9.53 Å². The van der Waals surface area contributed by atoms with Crippen molar-refractivity contribution in [3.05, 3.63) is 47.8 Å². The summed E-state index contributed by atoms with van der Waals surface area (Å²) in [6, 6.07) is 8.62. The van der Waals surface area contributed by atoms with Gasteiger partial charge in [0.1, 0.15) is 5.69 Å². The molecule has 0 saturated heterocycles. The van der Waals surface area contributed by atoms with Gasteiger partial charge in [-0.05, 0) is 19.4 Å². The molecule has 5 heteroatoms. The first-order valence-corrected chi connectivity index (χ1v) is 6.52. The molecular weight excluding hydrogens is 254 g/mol. The molecule has 20 heavy (non-hydrogen) atoms. The van der Waals surface area contributed by atoms with Crippen LogP contribution in [-0.4, -0.2) is 22.7 Å². The maximum absolute atomic E-state index is 12.6. The molecule has 0 aliphatic carbocycles. The molecule has 0 aliphatic heterocycles. The molecule has 1 aromatic carbocycles. The summed E-state index contributed by atoms with van der Waals surface area (Å²) in [7, 11) is 1.52. The third kappa shape index (κ3) is 2.58. The summed E-state index contributed by atoms with van der Waals surface area (Å²) in [5.41, 5.74) is 7.27. The summed E-state index contributed by atoms with van der Waals surface area (Å²) in [5, 5.41) is 4.20. The van der Waals surface area contributed by atoms with Gasteiger partial charge in [-0.25, -0.2) is 0 Å². The first-order valence-electron chi connectivity index (χ1n) is 6.52. The van der Waals surface area contributed by atoms with Gasteiger partial charge in [0.15, 0.2) is 5.75 Å². The Balaban J connectivity index is 2.40. The Morgan fingerprint density at radius 3 is 2.50 bits per heavy atom. The molecule has 2 rings (SSSR count). The van der Waals surface area contributed by atoms with Gasteiger partial charge in [0.2, 0.25) is 5.78 Å². The lowest BCUT2D eigenvalue weighted by atomic mass is 10.0. The molecule has 2 aromatic rings. The minimum absolute atomic E-state index is 0.0563. The van der Waals surface area contributed by atoms with E-state index in [1.165, 1.54) is 7.11 Å². The number of hydrogen-bond acceptors (Lipinski definition) is 4. The molecule has 0 aliphatic rings. The van der Waals surface area contributed by atoms with Gasteiger partial charge in [-0.1, -0.05) is 30.3 Å². The van der Waals surface area contributed by atoms with Crippen molar-refractivity contribution in [2.75, 3.05) is 7.11 Å². The fourth-order valence-electron chi connectivity index (χ4n) is 2.08. The third-order valence-corrected chi connectivity index (χ3v) is 3.15. The highest BCUT2D eigenvalue weighted by Gasteiger charge is 2.26. The number of nitrogens with two attached hydrogens (primary N) is 1. The van der Waals surface area contributed by atoms with E-state index in [-0.39, 0.29) is 11.8 Å². The van der Waals surface area contributed by atoms with Crippen molar-refractivity contribution in [3.63, 3.8) is 0 Å². The van der Waals surface area contributed by atoms with Gasteiger partial charge < -0.3 is 10.5 Å². The second kappa shape index (κ2) is 5.88. The van der Waals surface area contributed by atoms with Gasteiger partial charge in [-0.15, -0.1) is 0 Å². The molecule has 2 N–H and O–H groups in total. The van der Waals surface area contributed by atoms with Crippen LogP contribution in [0.1, 0.15) is 42.0 Å². The highest BCUT2D eigenvalue weighted by Crippen LogP contribution is 2.26. The van der Waals surface area contributed by atoms with Crippen molar-refractivity contribution >= 4 is 5.78 Å². The van der Waals surface area contributed by atoms with Crippen molar-refractivity contribution in [3.8, 4) is 5.75 Å². The molecule has 0 amide bonds. The van der Waals surface area contributed by atoms with Crippen molar-refractivity contribution in [1.82, 2.24) is 9.78 Å². The highest BCUT2D eigenvalue weighted by molar-refractivity contribution is 6.01. The van der Waals surface area contributed by atoms with E-state index < -0.39 is 6.04 Å². The number of rotatable bonds is 5. The molecule has 0 spiro atoms. The number of benzene rings is 1. The van der Waals surface area contributed by atoms with Gasteiger partial charge in [-0.2, -0.15) is 5.10 Å². The summed E-state index contributed by atoms with van der Waals surface area (Å²) < 4.78 is 6.87. The highest BCUT2D eigenvalue weighted by atomic mass is 16.5.